The molecule has 2 saturated carbocycles. The summed E-state index contributed by atoms with van der Waals surface area (Å²) in [6.07, 6.45) is 10.7. The van der Waals surface area contributed by atoms with E-state index in [0.717, 1.165) is 36.2 Å². The predicted octanol–water partition coefficient (Wildman–Crippen LogP) is 4.53. The first kappa shape index (κ1) is 20.5. The predicted molar refractivity (Wildman–Crippen MR) is 111 cm³/mol. The summed E-state index contributed by atoms with van der Waals surface area (Å²) in [5.74, 6) is 2.53. The summed E-state index contributed by atoms with van der Waals surface area (Å²) in [6, 6.07) is 0. The lowest BCUT2D eigenvalue weighted by Crippen LogP contribution is -2.17. The molecule has 26 heavy (non-hydrogen) atoms. The molecule has 1 aromatic rings. The van der Waals surface area contributed by atoms with Gasteiger partial charge in [-0.15, -0.1) is 13.2 Å². The highest BCUT2D eigenvalue weighted by Gasteiger charge is 2.47. The quantitative estimate of drug-likeness (QED) is 0.462. The Hall–Kier alpha value is -1.78. The zero-order valence-corrected chi connectivity index (χ0v) is 16.5. The molecule has 2 unspecified atom stereocenters. The van der Waals surface area contributed by atoms with Crippen LogP contribution in [0.5, 0.6) is 0 Å². The van der Waals surface area contributed by atoms with Gasteiger partial charge in [0, 0.05) is 47.4 Å². The van der Waals surface area contributed by atoms with Crippen LogP contribution in [-0.4, -0.2) is 16.7 Å². The Bertz CT molecular complexity index is 664. The second-order valence-electron chi connectivity index (χ2n) is 6.92. The van der Waals surface area contributed by atoms with E-state index in [4.69, 9.17) is 17.3 Å². The standard InChI is InChI=1S/C19H27ClN4.C2H4/c1-3-4-16(7-12(2)20)22-6-5-18-17(11-21)19(24-23-18)15-9-13-8-14(13)10-15;1-2/h3-4,7,13-15,22H,2,5-6,8-11,21H2,1H3,(H,23,24);1-2H2/b4-3-,16-7+;. The minimum Gasteiger partial charge on any atom is -0.385 e. The summed E-state index contributed by atoms with van der Waals surface area (Å²) < 4.78 is 0. The minimum atomic E-state index is 0.516. The molecule has 0 saturated heterocycles. The number of halogens is 1. The third-order valence-corrected chi connectivity index (χ3v) is 5.29. The van der Waals surface area contributed by atoms with Crippen LogP contribution in [0.4, 0.5) is 0 Å². The summed E-state index contributed by atoms with van der Waals surface area (Å²) >= 11 is 5.87. The summed E-state index contributed by atoms with van der Waals surface area (Å²) in [7, 11) is 0. The van der Waals surface area contributed by atoms with Crippen molar-refractivity contribution in [2.45, 2.75) is 45.1 Å². The van der Waals surface area contributed by atoms with Gasteiger partial charge in [0.15, 0.2) is 0 Å². The van der Waals surface area contributed by atoms with Gasteiger partial charge in [-0.1, -0.05) is 24.3 Å². The summed E-state index contributed by atoms with van der Waals surface area (Å²) in [5.41, 5.74) is 10.6. The van der Waals surface area contributed by atoms with Gasteiger partial charge in [-0.25, -0.2) is 0 Å². The largest absolute Gasteiger partial charge is 0.385 e. The van der Waals surface area contributed by atoms with Crippen molar-refractivity contribution in [3.63, 3.8) is 0 Å². The molecule has 5 heteroatoms. The van der Waals surface area contributed by atoms with E-state index in [0.29, 0.717) is 17.5 Å². The summed E-state index contributed by atoms with van der Waals surface area (Å²) in [6.45, 7) is 13.0. The molecule has 0 radical (unpaired) electrons. The normalized spacial score (nSPS) is 24.1. The number of hydrogen-bond acceptors (Lipinski definition) is 3. The number of aromatic nitrogens is 2. The number of nitrogens with two attached hydrogens (primary N) is 1. The molecule has 3 rings (SSSR count). The van der Waals surface area contributed by atoms with Crippen molar-refractivity contribution in [3.05, 3.63) is 65.6 Å². The molecule has 2 fully saturated rings. The monoisotopic (exact) mass is 374 g/mol. The number of aromatic amines is 1. The van der Waals surface area contributed by atoms with Gasteiger partial charge >= 0.3 is 0 Å². The molecule has 0 aromatic carbocycles. The fourth-order valence-corrected chi connectivity index (χ4v) is 4.08. The van der Waals surface area contributed by atoms with E-state index < -0.39 is 0 Å². The van der Waals surface area contributed by atoms with Crippen LogP contribution in [0.3, 0.4) is 0 Å². The number of allylic oxidation sites excluding steroid dienone is 4. The minimum absolute atomic E-state index is 0.516. The van der Waals surface area contributed by atoms with Crippen LogP contribution in [-0.2, 0) is 13.0 Å². The molecular formula is C21H31ClN4. The zero-order valence-electron chi connectivity index (χ0n) is 15.7. The second-order valence-corrected chi connectivity index (χ2v) is 7.40. The van der Waals surface area contributed by atoms with E-state index in [2.05, 4.69) is 35.3 Å². The Labute approximate surface area is 162 Å². The number of fused-ring (bicyclic) bond motifs is 1. The highest BCUT2D eigenvalue weighted by molar-refractivity contribution is 6.30. The molecule has 2 aliphatic rings. The Balaban J connectivity index is 0.00000117. The van der Waals surface area contributed by atoms with Gasteiger partial charge in [0.25, 0.3) is 0 Å². The third kappa shape index (κ3) is 5.12. The van der Waals surface area contributed by atoms with Gasteiger partial charge < -0.3 is 11.1 Å². The number of hydrogen-bond donors (Lipinski definition) is 3. The van der Waals surface area contributed by atoms with Crippen molar-refractivity contribution in [2.24, 2.45) is 17.6 Å². The molecule has 142 valence electrons. The van der Waals surface area contributed by atoms with Crippen molar-refractivity contribution in [2.75, 3.05) is 6.54 Å². The average Bonchev–Trinajstić information content (AvgIpc) is 3.06. The molecule has 0 spiro atoms. The number of H-pyrrole nitrogens is 1. The number of rotatable bonds is 8. The van der Waals surface area contributed by atoms with Gasteiger partial charge in [0.2, 0.25) is 0 Å². The highest BCUT2D eigenvalue weighted by atomic mass is 35.5. The first-order valence-corrected chi connectivity index (χ1v) is 9.68. The van der Waals surface area contributed by atoms with Crippen molar-refractivity contribution >= 4 is 11.6 Å². The molecule has 4 N–H and O–H groups in total. The molecule has 0 amide bonds. The Morgan fingerprint density at radius 1 is 1.35 bits per heavy atom. The molecule has 1 heterocycles. The molecule has 2 atom stereocenters. The first-order valence-electron chi connectivity index (χ1n) is 9.31. The fourth-order valence-electron chi connectivity index (χ4n) is 3.97. The maximum atomic E-state index is 6.02. The van der Waals surface area contributed by atoms with Crippen molar-refractivity contribution < 1.29 is 0 Å². The lowest BCUT2D eigenvalue weighted by Gasteiger charge is -2.11. The van der Waals surface area contributed by atoms with Crippen LogP contribution >= 0.6 is 11.6 Å². The van der Waals surface area contributed by atoms with Gasteiger partial charge in [0.1, 0.15) is 0 Å². The van der Waals surface area contributed by atoms with E-state index in [1.807, 2.05) is 25.2 Å². The van der Waals surface area contributed by atoms with E-state index in [1.165, 1.54) is 30.5 Å². The maximum absolute atomic E-state index is 6.02. The van der Waals surface area contributed by atoms with Gasteiger partial charge in [-0.3, -0.25) is 5.10 Å². The van der Waals surface area contributed by atoms with Crippen LogP contribution < -0.4 is 11.1 Å². The van der Waals surface area contributed by atoms with Gasteiger partial charge in [-0.05, 0) is 50.2 Å². The van der Waals surface area contributed by atoms with Crippen molar-refractivity contribution in [3.8, 4) is 0 Å². The smallest absolute Gasteiger partial charge is 0.0700 e. The topological polar surface area (TPSA) is 66.7 Å². The van der Waals surface area contributed by atoms with E-state index in [9.17, 15) is 0 Å². The van der Waals surface area contributed by atoms with E-state index >= 15 is 0 Å². The Kier molecular flexibility index (Phi) is 7.73. The van der Waals surface area contributed by atoms with Crippen LogP contribution in [0.1, 0.15) is 49.1 Å². The van der Waals surface area contributed by atoms with E-state index in [-0.39, 0.29) is 0 Å². The van der Waals surface area contributed by atoms with E-state index in [1.54, 1.807) is 0 Å². The molecule has 4 nitrogen and oxygen atoms in total. The lowest BCUT2D eigenvalue weighted by molar-refractivity contribution is 0.601. The van der Waals surface area contributed by atoms with Gasteiger partial charge in [-0.2, -0.15) is 5.10 Å². The molecule has 1 aromatic heterocycles. The molecule has 0 aliphatic heterocycles. The molecule has 0 bridgehead atoms. The van der Waals surface area contributed by atoms with Crippen molar-refractivity contribution in [1.82, 2.24) is 15.5 Å². The van der Waals surface area contributed by atoms with Crippen LogP contribution in [0.25, 0.3) is 0 Å². The highest BCUT2D eigenvalue weighted by Crippen LogP contribution is 2.57. The second kappa shape index (κ2) is 9.79. The number of nitrogens with zero attached hydrogens (tertiary/aromatic N) is 1. The van der Waals surface area contributed by atoms with Crippen LogP contribution in [0, 0.1) is 11.8 Å². The maximum Gasteiger partial charge on any atom is 0.0700 e. The summed E-state index contributed by atoms with van der Waals surface area (Å²) in [4.78, 5) is 0. The van der Waals surface area contributed by atoms with Gasteiger partial charge in [0.05, 0.1) is 5.69 Å². The number of nitrogens with one attached hydrogen (secondary N) is 2. The third-order valence-electron chi connectivity index (χ3n) is 5.18. The Morgan fingerprint density at radius 3 is 2.62 bits per heavy atom. The van der Waals surface area contributed by atoms with Crippen LogP contribution in [0.15, 0.2) is 48.7 Å². The Morgan fingerprint density at radius 2 is 2.04 bits per heavy atom. The average molecular weight is 375 g/mol. The molecule has 2 aliphatic carbocycles. The summed E-state index contributed by atoms with van der Waals surface area (Å²) in [5, 5.41) is 11.7. The first-order chi connectivity index (χ1) is 12.6. The van der Waals surface area contributed by atoms with Crippen LogP contribution in [0.2, 0.25) is 0 Å². The fraction of sp³-hybridized carbons (Fsp3) is 0.476. The zero-order chi connectivity index (χ0) is 19.1. The van der Waals surface area contributed by atoms with Crippen molar-refractivity contribution in [1.29, 1.82) is 0 Å². The SMILES string of the molecule is C=C.C=C(Cl)/C=C(\C=C/C)NCCc1[nH]nc(C2CC3CC3C2)c1CN. The lowest BCUT2D eigenvalue weighted by atomic mass is 9.95. The molecular weight excluding hydrogens is 344 g/mol.